The second-order valence-corrected chi connectivity index (χ2v) is 5.12. The van der Waals surface area contributed by atoms with Gasteiger partial charge in [0.1, 0.15) is 5.76 Å². The summed E-state index contributed by atoms with van der Waals surface area (Å²) in [5.74, 6) is 0.682. The van der Waals surface area contributed by atoms with Gasteiger partial charge in [0.05, 0.1) is 12.4 Å². The van der Waals surface area contributed by atoms with E-state index in [1.165, 1.54) is 11.1 Å². The molecule has 2 atom stereocenters. The van der Waals surface area contributed by atoms with Crippen molar-refractivity contribution in [3.05, 3.63) is 58.5 Å². The number of hydrogen-bond acceptors (Lipinski definition) is 3. The summed E-state index contributed by atoms with van der Waals surface area (Å²) in [5, 5.41) is 10.5. The number of rotatable bonds is 4. The van der Waals surface area contributed by atoms with Crippen LogP contribution in [0.3, 0.4) is 0 Å². The Hall–Kier alpha value is -1.58. The van der Waals surface area contributed by atoms with Crippen molar-refractivity contribution in [1.82, 2.24) is 0 Å². The Bertz CT molecular complexity index is 560. The number of furan rings is 1. The van der Waals surface area contributed by atoms with Crippen LogP contribution in [-0.2, 0) is 0 Å². The zero-order valence-electron chi connectivity index (χ0n) is 11.7. The number of aliphatic hydroxyl groups excluding tert-OH is 1. The van der Waals surface area contributed by atoms with Crippen molar-refractivity contribution in [2.24, 2.45) is 5.73 Å². The minimum atomic E-state index is -0.635. The largest absolute Gasteiger partial charge is 0.469 e. The second kappa shape index (κ2) is 5.59. The maximum atomic E-state index is 10.5. The lowest BCUT2D eigenvalue weighted by Crippen LogP contribution is -2.20. The molecule has 0 amide bonds. The van der Waals surface area contributed by atoms with Crippen LogP contribution in [0.5, 0.6) is 0 Å². The molecule has 19 heavy (non-hydrogen) atoms. The predicted octanol–water partition coefficient (Wildman–Crippen LogP) is 2.98. The van der Waals surface area contributed by atoms with Gasteiger partial charge in [-0.1, -0.05) is 18.2 Å². The van der Waals surface area contributed by atoms with Crippen LogP contribution in [0.25, 0.3) is 0 Å². The first-order chi connectivity index (χ1) is 9.02. The van der Waals surface area contributed by atoms with Gasteiger partial charge in [-0.25, -0.2) is 0 Å². The molecule has 0 saturated heterocycles. The third-order valence-electron chi connectivity index (χ3n) is 3.69. The molecule has 3 N–H and O–H groups in total. The van der Waals surface area contributed by atoms with Crippen molar-refractivity contribution in [3.63, 3.8) is 0 Å². The molecule has 2 unspecified atom stereocenters. The fourth-order valence-corrected chi connectivity index (χ4v) is 2.29. The normalized spacial score (nSPS) is 14.4. The van der Waals surface area contributed by atoms with Crippen LogP contribution in [-0.4, -0.2) is 11.7 Å². The van der Waals surface area contributed by atoms with Gasteiger partial charge in [-0.05, 0) is 43.5 Å². The van der Waals surface area contributed by atoms with Crippen molar-refractivity contribution >= 4 is 0 Å². The van der Waals surface area contributed by atoms with E-state index in [4.69, 9.17) is 10.2 Å². The molecular formula is C16H21NO2. The molecule has 1 heterocycles. The maximum Gasteiger partial charge on any atom is 0.101 e. The van der Waals surface area contributed by atoms with Crippen LogP contribution in [0.1, 0.15) is 40.0 Å². The predicted molar refractivity (Wildman–Crippen MR) is 76.1 cm³/mol. The van der Waals surface area contributed by atoms with Gasteiger partial charge in [-0.15, -0.1) is 0 Å². The fraction of sp³-hybridized carbons (Fsp3) is 0.375. The standard InChI is InChI=1S/C16H21NO2/c1-10-4-5-13(6-11(10)2)15(8-17)16(18)14-7-12(3)19-9-14/h4-7,9,15-16,18H,8,17H2,1-3H3. The van der Waals surface area contributed by atoms with Crippen molar-refractivity contribution < 1.29 is 9.52 Å². The summed E-state index contributed by atoms with van der Waals surface area (Å²) in [5.41, 5.74) is 10.2. The van der Waals surface area contributed by atoms with E-state index in [-0.39, 0.29) is 5.92 Å². The lowest BCUT2D eigenvalue weighted by Gasteiger charge is -2.21. The SMILES string of the molecule is Cc1cc(C(O)C(CN)c2ccc(C)c(C)c2)co1. The molecule has 3 heteroatoms. The third kappa shape index (κ3) is 2.88. The topological polar surface area (TPSA) is 59.4 Å². The number of hydrogen-bond donors (Lipinski definition) is 2. The molecule has 0 aliphatic carbocycles. The average molecular weight is 259 g/mol. The summed E-state index contributed by atoms with van der Waals surface area (Å²) < 4.78 is 5.26. The number of nitrogens with two attached hydrogens (primary N) is 1. The van der Waals surface area contributed by atoms with Gasteiger partial charge in [-0.3, -0.25) is 0 Å². The quantitative estimate of drug-likeness (QED) is 0.887. The van der Waals surface area contributed by atoms with E-state index in [9.17, 15) is 5.11 Å². The second-order valence-electron chi connectivity index (χ2n) is 5.12. The monoisotopic (exact) mass is 259 g/mol. The molecule has 0 aliphatic rings. The minimum Gasteiger partial charge on any atom is -0.469 e. The Kier molecular flexibility index (Phi) is 4.08. The number of aryl methyl sites for hydroxylation is 3. The number of benzene rings is 1. The summed E-state index contributed by atoms with van der Waals surface area (Å²) in [6.07, 6.45) is 0.966. The lowest BCUT2D eigenvalue weighted by molar-refractivity contribution is 0.146. The summed E-state index contributed by atoms with van der Waals surface area (Å²) in [6, 6.07) is 8.06. The Morgan fingerprint density at radius 1 is 1.11 bits per heavy atom. The molecule has 0 bridgehead atoms. The Labute approximate surface area is 114 Å². The summed E-state index contributed by atoms with van der Waals surface area (Å²) in [7, 11) is 0. The van der Waals surface area contributed by atoms with Gasteiger partial charge < -0.3 is 15.3 Å². The zero-order valence-corrected chi connectivity index (χ0v) is 11.7. The molecule has 0 spiro atoms. The molecular weight excluding hydrogens is 238 g/mol. The fourth-order valence-electron chi connectivity index (χ4n) is 2.29. The van der Waals surface area contributed by atoms with Crippen LogP contribution in [0.4, 0.5) is 0 Å². The molecule has 1 aromatic heterocycles. The number of aliphatic hydroxyl groups is 1. The molecule has 2 aromatic rings. The average Bonchev–Trinajstić information content (AvgIpc) is 2.81. The van der Waals surface area contributed by atoms with E-state index in [0.29, 0.717) is 6.54 Å². The smallest absolute Gasteiger partial charge is 0.101 e. The van der Waals surface area contributed by atoms with Gasteiger partial charge in [-0.2, -0.15) is 0 Å². The van der Waals surface area contributed by atoms with Crippen molar-refractivity contribution in [2.45, 2.75) is 32.8 Å². The van der Waals surface area contributed by atoms with Crippen LogP contribution >= 0.6 is 0 Å². The van der Waals surface area contributed by atoms with E-state index < -0.39 is 6.10 Å². The third-order valence-corrected chi connectivity index (χ3v) is 3.69. The molecule has 0 radical (unpaired) electrons. The highest BCUT2D eigenvalue weighted by Gasteiger charge is 2.23. The molecule has 2 rings (SSSR count). The first kappa shape index (κ1) is 13.8. The first-order valence-corrected chi connectivity index (χ1v) is 6.53. The summed E-state index contributed by atoms with van der Waals surface area (Å²) in [4.78, 5) is 0. The van der Waals surface area contributed by atoms with Gasteiger partial charge in [0.25, 0.3) is 0 Å². The van der Waals surface area contributed by atoms with Crippen molar-refractivity contribution in [1.29, 1.82) is 0 Å². The van der Waals surface area contributed by atoms with Crippen LogP contribution in [0.15, 0.2) is 34.9 Å². The molecule has 0 aliphatic heterocycles. The molecule has 1 aromatic carbocycles. The Morgan fingerprint density at radius 3 is 2.37 bits per heavy atom. The Morgan fingerprint density at radius 2 is 1.84 bits per heavy atom. The Balaban J connectivity index is 2.30. The van der Waals surface area contributed by atoms with Crippen molar-refractivity contribution in [2.75, 3.05) is 6.54 Å². The van der Waals surface area contributed by atoms with E-state index in [1.807, 2.05) is 19.1 Å². The lowest BCUT2D eigenvalue weighted by atomic mass is 9.88. The first-order valence-electron chi connectivity index (χ1n) is 6.53. The van der Waals surface area contributed by atoms with E-state index >= 15 is 0 Å². The summed E-state index contributed by atoms with van der Waals surface area (Å²) >= 11 is 0. The van der Waals surface area contributed by atoms with E-state index in [0.717, 1.165) is 16.9 Å². The van der Waals surface area contributed by atoms with Crippen LogP contribution in [0.2, 0.25) is 0 Å². The highest BCUT2D eigenvalue weighted by molar-refractivity contribution is 5.34. The molecule has 0 fully saturated rings. The molecule has 3 nitrogen and oxygen atoms in total. The highest BCUT2D eigenvalue weighted by atomic mass is 16.3. The van der Waals surface area contributed by atoms with Gasteiger partial charge >= 0.3 is 0 Å². The zero-order chi connectivity index (χ0) is 14.0. The van der Waals surface area contributed by atoms with E-state index in [1.54, 1.807) is 6.26 Å². The van der Waals surface area contributed by atoms with Crippen LogP contribution < -0.4 is 5.73 Å². The van der Waals surface area contributed by atoms with Gasteiger partial charge in [0.2, 0.25) is 0 Å². The minimum absolute atomic E-state index is 0.115. The molecule has 0 saturated carbocycles. The summed E-state index contributed by atoms with van der Waals surface area (Å²) in [6.45, 7) is 6.41. The van der Waals surface area contributed by atoms with Gasteiger partial charge in [0, 0.05) is 18.0 Å². The highest BCUT2D eigenvalue weighted by Crippen LogP contribution is 2.31. The van der Waals surface area contributed by atoms with Crippen LogP contribution in [0, 0.1) is 20.8 Å². The van der Waals surface area contributed by atoms with E-state index in [2.05, 4.69) is 26.0 Å². The van der Waals surface area contributed by atoms with Gasteiger partial charge in [0.15, 0.2) is 0 Å². The van der Waals surface area contributed by atoms with Crippen molar-refractivity contribution in [3.8, 4) is 0 Å². The maximum absolute atomic E-state index is 10.5. The molecule has 102 valence electrons.